The van der Waals surface area contributed by atoms with Crippen LogP contribution < -0.4 is 5.73 Å². The van der Waals surface area contributed by atoms with Crippen molar-refractivity contribution >= 4 is 22.6 Å². The van der Waals surface area contributed by atoms with Crippen molar-refractivity contribution in [1.29, 1.82) is 0 Å². The fraction of sp³-hybridized carbons (Fsp3) is 0.533. The summed E-state index contributed by atoms with van der Waals surface area (Å²) >= 11 is 1.04. The number of non-ortho nitro benzene ring substituents is 1. The fourth-order valence-corrected chi connectivity index (χ4v) is 3.47. The molecule has 2 atom stereocenters. The van der Waals surface area contributed by atoms with Crippen molar-refractivity contribution in [2.45, 2.75) is 25.1 Å². The topological polar surface area (TPSA) is 90.8 Å². The number of amidine groups is 1. The van der Waals surface area contributed by atoms with Crippen LogP contribution in [0.25, 0.3) is 0 Å². The average Bonchev–Trinajstić information content (AvgIpc) is 2.76. The number of rotatable bonds is 6. The Labute approximate surface area is 150 Å². The predicted molar refractivity (Wildman–Crippen MR) is 89.6 cm³/mol. The first-order chi connectivity index (χ1) is 12.2. The lowest BCUT2D eigenvalue weighted by Gasteiger charge is -2.28. The van der Waals surface area contributed by atoms with Gasteiger partial charge in [0.2, 0.25) is 0 Å². The van der Waals surface area contributed by atoms with Crippen LogP contribution in [0.1, 0.15) is 12.0 Å². The third-order valence-electron chi connectivity index (χ3n) is 3.87. The number of nitrogens with zero attached hydrogens (tertiary/aromatic N) is 2. The second-order valence-corrected chi connectivity index (χ2v) is 6.74. The van der Waals surface area contributed by atoms with Gasteiger partial charge in [-0.05, 0) is 24.5 Å². The molecule has 6 nitrogen and oxygen atoms in total. The van der Waals surface area contributed by atoms with E-state index in [1.165, 1.54) is 0 Å². The van der Waals surface area contributed by atoms with Crippen LogP contribution in [0.15, 0.2) is 23.2 Å². The lowest BCUT2D eigenvalue weighted by Crippen LogP contribution is -2.40. The smallest absolute Gasteiger partial charge is 0.379 e. The van der Waals surface area contributed by atoms with Gasteiger partial charge < -0.3 is 10.5 Å². The molecule has 0 spiro atoms. The zero-order chi connectivity index (χ0) is 19.3. The quantitative estimate of drug-likeness (QED) is 0.453. The molecule has 1 heterocycles. The number of hydrogen-bond donors (Lipinski definition) is 1. The first kappa shape index (κ1) is 20.4. The summed E-state index contributed by atoms with van der Waals surface area (Å²) in [5, 5.41) is 11.0. The molecular weight excluding hydrogens is 378 g/mol. The molecule has 0 amide bonds. The first-order valence-corrected chi connectivity index (χ1v) is 8.71. The molecule has 1 aromatic carbocycles. The molecule has 2 rings (SSSR count). The van der Waals surface area contributed by atoms with E-state index in [9.17, 15) is 27.7 Å². The highest BCUT2D eigenvalue weighted by atomic mass is 32.2. The molecule has 2 N–H and O–H groups in total. The number of nitro groups is 1. The van der Waals surface area contributed by atoms with Gasteiger partial charge in [-0.15, -0.1) is 0 Å². The summed E-state index contributed by atoms with van der Waals surface area (Å²) in [6.07, 6.45) is -6.66. The van der Waals surface area contributed by atoms with E-state index in [0.717, 1.165) is 30.0 Å². The third kappa shape index (κ3) is 5.56. The molecule has 0 aliphatic carbocycles. The van der Waals surface area contributed by atoms with Gasteiger partial charge in [-0.25, -0.2) is 4.39 Å². The van der Waals surface area contributed by atoms with Crippen molar-refractivity contribution in [3.05, 3.63) is 39.7 Å². The Kier molecular flexibility index (Phi) is 6.81. The molecule has 11 heteroatoms. The van der Waals surface area contributed by atoms with E-state index in [1.54, 1.807) is 0 Å². The Morgan fingerprint density at radius 2 is 2.19 bits per heavy atom. The van der Waals surface area contributed by atoms with Gasteiger partial charge in [0, 0.05) is 30.3 Å². The molecule has 1 aliphatic heterocycles. The van der Waals surface area contributed by atoms with E-state index in [1.807, 2.05) is 0 Å². The summed E-state index contributed by atoms with van der Waals surface area (Å²) in [4.78, 5) is 13.9. The Bertz CT molecular complexity index is 685. The molecule has 144 valence electrons. The minimum Gasteiger partial charge on any atom is -0.379 e. The number of ether oxygens (including phenoxy) is 1. The van der Waals surface area contributed by atoms with Gasteiger partial charge >= 0.3 is 6.18 Å². The second kappa shape index (κ2) is 8.67. The maximum Gasteiger partial charge on any atom is 0.414 e. The highest BCUT2D eigenvalue weighted by molar-refractivity contribution is 8.13. The van der Waals surface area contributed by atoms with Crippen molar-refractivity contribution in [3.8, 4) is 0 Å². The monoisotopic (exact) mass is 395 g/mol. The van der Waals surface area contributed by atoms with Crippen LogP contribution in [0.5, 0.6) is 0 Å². The van der Waals surface area contributed by atoms with E-state index in [4.69, 9.17) is 10.5 Å². The Balaban J connectivity index is 2.02. The fourth-order valence-electron chi connectivity index (χ4n) is 2.56. The van der Waals surface area contributed by atoms with Crippen molar-refractivity contribution in [2.75, 3.05) is 18.9 Å². The molecule has 0 saturated heterocycles. The Morgan fingerprint density at radius 3 is 2.85 bits per heavy atom. The molecule has 1 aliphatic rings. The summed E-state index contributed by atoms with van der Waals surface area (Å²) in [7, 11) is 0. The van der Waals surface area contributed by atoms with Crippen molar-refractivity contribution < 1.29 is 27.2 Å². The van der Waals surface area contributed by atoms with E-state index >= 15 is 0 Å². The van der Waals surface area contributed by atoms with E-state index in [2.05, 4.69) is 4.99 Å². The summed E-state index contributed by atoms with van der Waals surface area (Å²) in [6, 6.07) is 2.90. The van der Waals surface area contributed by atoms with Gasteiger partial charge in [-0.2, -0.15) is 13.2 Å². The van der Waals surface area contributed by atoms with Crippen LogP contribution in [-0.4, -0.2) is 41.3 Å². The molecule has 0 radical (unpaired) electrons. The maximum absolute atomic E-state index is 13.7. The van der Waals surface area contributed by atoms with Crippen molar-refractivity contribution in [3.63, 3.8) is 0 Å². The van der Waals surface area contributed by atoms with Gasteiger partial charge in [0.05, 0.1) is 11.5 Å². The number of thioether (sulfide) groups is 1. The first-order valence-electron chi connectivity index (χ1n) is 7.72. The second-order valence-electron chi connectivity index (χ2n) is 5.70. The highest BCUT2D eigenvalue weighted by Gasteiger charge is 2.45. The van der Waals surface area contributed by atoms with Gasteiger partial charge in [0.15, 0.2) is 11.3 Å². The van der Waals surface area contributed by atoms with Crippen molar-refractivity contribution in [2.24, 2.45) is 16.6 Å². The molecule has 0 unspecified atom stereocenters. The molecule has 0 bridgehead atoms. The lowest BCUT2D eigenvalue weighted by molar-refractivity contribution is -0.385. The zero-order valence-corrected chi connectivity index (χ0v) is 14.4. The maximum atomic E-state index is 13.7. The van der Waals surface area contributed by atoms with Gasteiger partial charge in [-0.3, -0.25) is 15.1 Å². The van der Waals surface area contributed by atoms with Gasteiger partial charge in [0.25, 0.3) is 5.69 Å². The van der Waals surface area contributed by atoms with Crippen LogP contribution in [-0.2, 0) is 11.2 Å². The Hall–Kier alpha value is -1.88. The Morgan fingerprint density at radius 1 is 1.46 bits per heavy atom. The lowest BCUT2D eigenvalue weighted by atomic mass is 10.00. The van der Waals surface area contributed by atoms with Crippen molar-refractivity contribution in [1.82, 2.24) is 0 Å². The highest BCUT2D eigenvalue weighted by Crippen LogP contribution is 2.33. The number of aliphatic imine (C=N–C) groups is 1. The largest absolute Gasteiger partial charge is 0.414 e. The number of benzene rings is 1. The van der Waals surface area contributed by atoms with E-state index in [0.29, 0.717) is 0 Å². The predicted octanol–water partition coefficient (Wildman–Crippen LogP) is 3.29. The van der Waals surface area contributed by atoms with Crippen LogP contribution in [0.2, 0.25) is 0 Å². The summed E-state index contributed by atoms with van der Waals surface area (Å²) in [5.74, 6) is -1.45. The molecule has 26 heavy (non-hydrogen) atoms. The standard InChI is InChI=1S/C15H17F4N3O3S/c16-12-2-1-11(22(23)24)7-9(12)4-6-25-13(15(17,18)19)10-3-5-21-14(20)26-8-10/h1-2,7,10,13H,3-6,8H2,(H2,20,21)/t10-,13-/m0/s1. The zero-order valence-electron chi connectivity index (χ0n) is 13.5. The minimum absolute atomic E-state index is 0.0667. The van der Waals surface area contributed by atoms with Crippen LogP contribution >= 0.6 is 11.8 Å². The molecule has 1 aromatic rings. The number of hydrogen-bond acceptors (Lipinski definition) is 6. The van der Waals surface area contributed by atoms with E-state index < -0.39 is 35.5 Å². The summed E-state index contributed by atoms with van der Waals surface area (Å²) in [5.41, 5.74) is 5.13. The molecule has 0 aromatic heterocycles. The third-order valence-corrected chi connectivity index (χ3v) is 4.89. The average molecular weight is 395 g/mol. The SMILES string of the molecule is NC1=NCC[C@H]([C@H](OCCc2cc([N+](=O)[O-])ccc2F)C(F)(F)F)CS1. The van der Waals surface area contributed by atoms with Gasteiger partial charge in [-0.1, -0.05) is 11.8 Å². The minimum atomic E-state index is -4.59. The summed E-state index contributed by atoms with van der Waals surface area (Å²) < 4.78 is 58.8. The number of nitrogens with two attached hydrogens (primary N) is 1. The van der Waals surface area contributed by atoms with Crippen LogP contribution in [0, 0.1) is 21.8 Å². The van der Waals surface area contributed by atoms with E-state index in [-0.39, 0.29) is 41.6 Å². The summed E-state index contributed by atoms with van der Waals surface area (Å²) in [6.45, 7) is -0.237. The number of halogens is 4. The van der Waals surface area contributed by atoms with Crippen LogP contribution in [0.4, 0.5) is 23.2 Å². The molecular formula is C15H17F4N3O3S. The molecule has 0 fully saturated rings. The number of alkyl halides is 3. The normalized spacial score (nSPS) is 19.5. The van der Waals surface area contributed by atoms with Crippen LogP contribution in [0.3, 0.4) is 0 Å². The number of nitro benzene ring substituents is 1. The molecule has 0 saturated carbocycles. The van der Waals surface area contributed by atoms with Gasteiger partial charge in [0.1, 0.15) is 5.82 Å².